The van der Waals surface area contributed by atoms with Crippen LogP contribution in [-0.4, -0.2) is 32.9 Å². The third-order valence-corrected chi connectivity index (χ3v) is 5.28. The Morgan fingerprint density at radius 1 is 1.21 bits per heavy atom. The highest BCUT2D eigenvalue weighted by Gasteiger charge is 2.18. The number of benzene rings is 1. The normalized spacial score (nSPS) is 15.5. The largest absolute Gasteiger partial charge is 0.327 e. The van der Waals surface area contributed by atoms with Crippen LogP contribution >= 0.6 is 0 Å². The minimum absolute atomic E-state index is 0.112. The molecule has 0 aromatic heterocycles. The first-order valence-electron chi connectivity index (χ1n) is 6.58. The lowest BCUT2D eigenvalue weighted by molar-refractivity contribution is 0.518. The van der Waals surface area contributed by atoms with Crippen molar-refractivity contribution in [2.45, 2.75) is 43.5 Å². The number of hydrogen-bond donors (Lipinski definition) is 1. The maximum atomic E-state index is 12.0. The number of hydrogen-bond acceptors (Lipinski definition) is 3. The van der Waals surface area contributed by atoms with Gasteiger partial charge >= 0.3 is 0 Å². The van der Waals surface area contributed by atoms with Crippen LogP contribution in [0.4, 0.5) is 0 Å². The van der Waals surface area contributed by atoms with Gasteiger partial charge in [0, 0.05) is 20.1 Å². The topological polar surface area (TPSA) is 63.4 Å². The minimum Gasteiger partial charge on any atom is -0.327 e. The lowest BCUT2D eigenvalue weighted by atomic mass is 9.91. The predicted octanol–water partition coefficient (Wildman–Crippen LogP) is 2.17. The van der Waals surface area contributed by atoms with Crippen molar-refractivity contribution in [3.05, 3.63) is 29.8 Å². The van der Waals surface area contributed by atoms with E-state index in [1.807, 2.05) is 12.1 Å². The molecule has 1 aromatic carbocycles. The molecule has 0 saturated heterocycles. The van der Waals surface area contributed by atoms with E-state index in [1.54, 1.807) is 12.1 Å². The van der Waals surface area contributed by atoms with E-state index in [0.29, 0.717) is 4.90 Å². The third-order valence-electron chi connectivity index (χ3n) is 3.45. The molecule has 5 heteroatoms. The van der Waals surface area contributed by atoms with Gasteiger partial charge in [-0.25, -0.2) is 12.7 Å². The van der Waals surface area contributed by atoms with Crippen LogP contribution in [0.25, 0.3) is 0 Å². The molecule has 108 valence electrons. The summed E-state index contributed by atoms with van der Waals surface area (Å²) >= 11 is 0. The molecule has 1 aromatic rings. The van der Waals surface area contributed by atoms with E-state index in [2.05, 4.69) is 13.8 Å². The molecule has 0 heterocycles. The van der Waals surface area contributed by atoms with Gasteiger partial charge in [0.15, 0.2) is 0 Å². The van der Waals surface area contributed by atoms with E-state index in [1.165, 1.54) is 18.4 Å². The lowest BCUT2D eigenvalue weighted by Gasteiger charge is -2.20. The molecule has 4 nitrogen and oxygen atoms in total. The molecule has 0 aliphatic carbocycles. The predicted molar refractivity (Wildman–Crippen MR) is 78.6 cm³/mol. The number of sulfonamides is 1. The average Bonchev–Trinajstić information content (AvgIpc) is 2.38. The highest BCUT2D eigenvalue weighted by Crippen LogP contribution is 2.23. The molecule has 0 amide bonds. The molecule has 0 radical (unpaired) electrons. The third kappa shape index (κ3) is 3.78. The first-order valence-corrected chi connectivity index (χ1v) is 8.02. The van der Waals surface area contributed by atoms with Crippen LogP contribution in [0.5, 0.6) is 0 Å². The SMILES string of the molecule is CCCC(N)C(C)c1ccc(S(=O)(=O)N(C)C)cc1. The molecule has 0 aliphatic heterocycles. The molecular weight excluding hydrogens is 260 g/mol. The van der Waals surface area contributed by atoms with Gasteiger partial charge in [0.05, 0.1) is 4.90 Å². The maximum absolute atomic E-state index is 12.0. The Bertz CT molecular complexity index is 495. The zero-order valence-electron chi connectivity index (χ0n) is 12.1. The molecule has 2 atom stereocenters. The molecule has 0 saturated carbocycles. The van der Waals surface area contributed by atoms with Crippen LogP contribution < -0.4 is 5.73 Å². The van der Waals surface area contributed by atoms with Crippen molar-refractivity contribution in [1.82, 2.24) is 4.31 Å². The number of nitrogens with zero attached hydrogens (tertiary/aromatic N) is 1. The Hall–Kier alpha value is -0.910. The summed E-state index contributed by atoms with van der Waals surface area (Å²) in [5.41, 5.74) is 7.19. The van der Waals surface area contributed by atoms with Crippen LogP contribution in [0, 0.1) is 0 Å². The van der Waals surface area contributed by atoms with Gasteiger partial charge in [-0.1, -0.05) is 32.4 Å². The van der Waals surface area contributed by atoms with Gasteiger partial charge in [-0.3, -0.25) is 0 Å². The quantitative estimate of drug-likeness (QED) is 0.870. The van der Waals surface area contributed by atoms with Crippen molar-refractivity contribution in [2.75, 3.05) is 14.1 Å². The van der Waals surface area contributed by atoms with Crippen molar-refractivity contribution >= 4 is 10.0 Å². The van der Waals surface area contributed by atoms with Crippen molar-refractivity contribution < 1.29 is 8.42 Å². The Morgan fingerprint density at radius 3 is 2.16 bits per heavy atom. The second-order valence-electron chi connectivity index (χ2n) is 5.10. The fourth-order valence-electron chi connectivity index (χ4n) is 1.98. The van der Waals surface area contributed by atoms with Gasteiger partial charge < -0.3 is 5.73 Å². The summed E-state index contributed by atoms with van der Waals surface area (Å²) in [5.74, 6) is 0.232. The number of rotatable bonds is 6. The second-order valence-corrected chi connectivity index (χ2v) is 7.25. The maximum Gasteiger partial charge on any atom is 0.242 e. The first kappa shape index (κ1) is 16.1. The Morgan fingerprint density at radius 2 is 1.74 bits per heavy atom. The van der Waals surface area contributed by atoms with E-state index < -0.39 is 10.0 Å². The van der Waals surface area contributed by atoms with Crippen molar-refractivity contribution in [3.8, 4) is 0 Å². The molecule has 2 N–H and O–H groups in total. The van der Waals surface area contributed by atoms with Crippen molar-refractivity contribution in [2.24, 2.45) is 5.73 Å². The molecule has 0 fully saturated rings. The summed E-state index contributed by atoms with van der Waals surface area (Å²) in [4.78, 5) is 0.317. The molecule has 0 aliphatic rings. The zero-order chi connectivity index (χ0) is 14.6. The van der Waals surface area contributed by atoms with Crippen LogP contribution in [0.15, 0.2) is 29.2 Å². The fourth-order valence-corrected chi connectivity index (χ4v) is 2.89. The summed E-state index contributed by atoms with van der Waals surface area (Å²) in [5, 5.41) is 0. The molecule has 1 rings (SSSR count). The monoisotopic (exact) mass is 284 g/mol. The van der Waals surface area contributed by atoms with Gasteiger partial charge in [0.1, 0.15) is 0 Å². The summed E-state index contributed by atoms with van der Waals surface area (Å²) in [6.45, 7) is 4.19. The highest BCUT2D eigenvalue weighted by molar-refractivity contribution is 7.89. The van der Waals surface area contributed by atoms with Gasteiger partial charge in [0.2, 0.25) is 10.0 Å². The minimum atomic E-state index is -3.35. The summed E-state index contributed by atoms with van der Waals surface area (Å²) in [6, 6.07) is 7.13. The van der Waals surface area contributed by atoms with E-state index in [0.717, 1.165) is 18.4 Å². The average molecular weight is 284 g/mol. The first-order chi connectivity index (χ1) is 8.80. The van der Waals surface area contributed by atoms with Crippen molar-refractivity contribution in [1.29, 1.82) is 0 Å². The molecule has 2 unspecified atom stereocenters. The van der Waals surface area contributed by atoms with Gasteiger partial charge in [0.25, 0.3) is 0 Å². The summed E-state index contributed by atoms with van der Waals surface area (Å²) < 4.78 is 25.1. The fraction of sp³-hybridized carbons (Fsp3) is 0.571. The highest BCUT2D eigenvalue weighted by atomic mass is 32.2. The zero-order valence-corrected chi connectivity index (χ0v) is 12.9. The van der Waals surface area contributed by atoms with Crippen LogP contribution in [0.1, 0.15) is 38.2 Å². The van der Waals surface area contributed by atoms with E-state index in [4.69, 9.17) is 5.73 Å². The van der Waals surface area contributed by atoms with Gasteiger partial charge in [-0.05, 0) is 30.0 Å². The van der Waals surface area contributed by atoms with E-state index in [9.17, 15) is 8.42 Å². The Kier molecular flexibility index (Phi) is 5.52. The van der Waals surface area contributed by atoms with E-state index >= 15 is 0 Å². The van der Waals surface area contributed by atoms with Crippen LogP contribution in [0.2, 0.25) is 0 Å². The smallest absolute Gasteiger partial charge is 0.242 e. The lowest BCUT2D eigenvalue weighted by Crippen LogP contribution is -2.26. The standard InChI is InChI=1S/C14H24N2O2S/c1-5-6-14(15)11(2)12-7-9-13(10-8-12)19(17,18)16(3)4/h7-11,14H,5-6,15H2,1-4H3. The Labute approximate surface area is 116 Å². The number of nitrogens with two attached hydrogens (primary N) is 1. The summed E-state index contributed by atoms with van der Waals surface area (Å²) in [6.07, 6.45) is 2.03. The van der Waals surface area contributed by atoms with Crippen LogP contribution in [0.3, 0.4) is 0 Å². The second kappa shape index (κ2) is 6.50. The Balaban J connectivity index is 2.94. The van der Waals surface area contributed by atoms with E-state index in [-0.39, 0.29) is 12.0 Å². The van der Waals surface area contributed by atoms with Gasteiger partial charge in [-0.2, -0.15) is 0 Å². The molecule has 19 heavy (non-hydrogen) atoms. The molecule has 0 bridgehead atoms. The van der Waals surface area contributed by atoms with Gasteiger partial charge in [-0.15, -0.1) is 0 Å². The molecule has 0 spiro atoms. The molecular formula is C14H24N2O2S. The summed E-state index contributed by atoms with van der Waals surface area (Å²) in [7, 11) is -0.286. The van der Waals surface area contributed by atoms with Crippen LogP contribution in [-0.2, 0) is 10.0 Å². The van der Waals surface area contributed by atoms with Crippen molar-refractivity contribution in [3.63, 3.8) is 0 Å².